The van der Waals surface area contributed by atoms with E-state index >= 15 is 0 Å². The molecule has 1 aromatic carbocycles. The van der Waals surface area contributed by atoms with Crippen LogP contribution in [0, 0.1) is 0 Å². The Morgan fingerprint density at radius 1 is 0.818 bits per heavy atom. The first kappa shape index (κ1) is 14.2. The molecule has 0 saturated carbocycles. The van der Waals surface area contributed by atoms with Crippen molar-refractivity contribution in [3.63, 3.8) is 0 Å². The maximum Gasteiger partial charge on any atom is 0.265 e. The lowest BCUT2D eigenvalue weighted by atomic mass is 10.2. The second-order valence-electron chi connectivity index (χ2n) is 5.28. The molecule has 1 aromatic rings. The zero-order chi connectivity index (χ0) is 15.7. The molecule has 0 aliphatic carbocycles. The van der Waals surface area contributed by atoms with Gasteiger partial charge >= 0.3 is 0 Å². The maximum absolute atomic E-state index is 11.6. The average Bonchev–Trinajstić information content (AvgIpc) is 3.16. The van der Waals surface area contributed by atoms with E-state index in [4.69, 9.17) is 11.5 Å². The van der Waals surface area contributed by atoms with Crippen LogP contribution in [0.3, 0.4) is 0 Å². The molecular formula is C16H18N4O2. The van der Waals surface area contributed by atoms with Crippen LogP contribution in [-0.4, -0.2) is 24.9 Å². The molecule has 2 heterocycles. The van der Waals surface area contributed by atoms with E-state index in [1.807, 2.05) is 46.2 Å². The second-order valence-corrected chi connectivity index (χ2v) is 5.28. The topological polar surface area (TPSA) is 92.7 Å². The summed E-state index contributed by atoms with van der Waals surface area (Å²) in [4.78, 5) is 27.0. The lowest BCUT2D eigenvalue weighted by molar-refractivity contribution is -0.115. The van der Waals surface area contributed by atoms with Crippen LogP contribution in [0.4, 0.5) is 11.4 Å². The van der Waals surface area contributed by atoms with Crippen molar-refractivity contribution in [1.29, 1.82) is 0 Å². The lowest BCUT2D eigenvalue weighted by Crippen LogP contribution is -2.32. The highest BCUT2D eigenvalue weighted by Crippen LogP contribution is 2.37. The van der Waals surface area contributed by atoms with Crippen molar-refractivity contribution < 1.29 is 9.59 Å². The number of primary amides is 2. The summed E-state index contributed by atoms with van der Waals surface area (Å²) >= 11 is 0. The summed E-state index contributed by atoms with van der Waals surface area (Å²) in [7, 11) is 0. The van der Waals surface area contributed by atoms with Gasteiger partial charge in [0.2, 0.25) is 0 Å². The monoisotopic (exact) mass is 298 g/mol. The molecule has 0 spiro atoms. The van der Waals surface area contributed by atoms with Crippen molar-refractivity contribution >= 4 is 23.2 Å². The molecule has 114 valence electrons. The standard InChI is InChI=1S/C16H18N4O2/c17-15(21)13-7-3-9-19(13)11-5-1-2-6-12(11)20-10-4-8-14(20)16(18)22/h1-2,5-8H,3-4,9-10H2,(H2,17,21)(H2,18,22). The zero-order valence-electron chi connectivity index (χ0n) is 12.2. The number of rotatable bonds is 4. The van der Waals surface area contributed by atoms with Crippen LogP contribution in [0.1, 0.15) is 12.8 Å². The normalized spacial score (nSPS) is 17.5. The minimum absolute atomic E-state index is 0.445. The van der Waals surface area contributed by atoms with Gasteiger partial charge in [0, 0.05) is 13.1 Å². The van der Waals surface area contributed by atoms with E-state index in [1.54, 1.807) is 0 Å². The minimum Gasteiger partial charge on any atom is -0.364 e. The highest BCUT2D eigenvalue weighted by atomic mass is 16.1. The van der Waals surface area contributed by atoms with Crippen LogP contribution in [0.15, 0.2) is 47.8 Å². The summed E-state index contributed by atoms with van der Waals surface area (Å²) in [5.41, 5.74) is 13.6. The van der Waals surface area contributed by atoms with Crippen LogP contribution in [0.25, 0.3) is 0 Å². The predicted molar refractivity (Wildman–Crippen MR) is 84.9 cm³/mol. The van der Waals surface area contributed by atoms with Crippen molar-refractivity contribution in [3.8, 4) is 0 Å². The van der Waals surface area contributed by atoms with Gasteiger partial charge in [0.05, 0.1) is 11.4 Å². The fourth-order valence-corrected chi connectivity index (χ4v) is 3.01. The Hall–Kier alpha value is -2.76. The van der Waals surface area contributed by atoms with Gasteiger partial charge in [-0.15, -0.1) is 0 Å². The van der Waals surface area contributed by atoms with Crippen molar-refractivity contribution in [1.82, 2.24) is 0 Å². The smallest absolute Gasteiger partial charge is 0.265 e. The predicted octanol–water partition coefficient (Wildman–Crippen LogP) is 0.845. The molecule has 0 bridgehead atoms. The Morgan fingerprint density at radius 2 is 1.23 bits per heavy atom. The first-order chi connectivity index (χ1) is 10.6. The van der Waals surface area contributed by atoms with Gasteiger partial charge in [-0.05, 0) is 25.0 Å². The molecule has 6 nitrogen and oxygen atoms in total. The van der Waals surface area contributed by atoms with Crippen LogP contribution < -0.4 is 21.3 Å². The van der Waals surface area contributed by atoms with Crippen molar-refractivity contribution in [2.45, 2.75) is 12.8 Å². The van der Waals surface area contributed by atoms with E-state index in [0.29, 0.717) is 24.5 Å². The van der Waals surface area contributed by atoms with Crippen LogP contribution in [0.5, 0.6) is 0 Å². The number of hydrogen-bond donors (Lipinski definition) is 2. The number of hydrogen-bond acceptors (Lipinski definition) is 4. The molecule has 0 aromatic heterocycles. The highest BCUT2D eigenvalue weighted by molar-refractivity contribution is 6.00. The van der Waals surface area contributed by atoms with Gasteiger partial charge in [-0.3, -0.25) is 9.59 Å². The van der Waals surface area contributed by atoms with Crippen molar-refractivity contribution in [3.05, 3.63) is 47.8 Å². The second kappa shape index (κ2) is 5.55. The molecule has 0 saturated heterocycles. The molecule has 2 amide bonds. The molecule has 3 rings (SSSR count). The van der Waals surface area contributed by atoms with Gasteiger partial charge in [-0.2, -0.15) is 0 Å². The van der Waals surface area contributed by atoms with E-state index in [-0.39, 0.29) is 0 Å². The van der Waals surface area contributed by atoms with E-state index in [9.17, 15) is 9.59 Å². The first-order valence-corrected chi connectivity index (χ1v) is 7.23. The van der Waals surface area contributed by atoms with E-state index in [1.165, 1.54) is 0 Å². The highest BCUT2D eigenvalue weighted by Gasteiger charge is 2.28. The molecule has 4 N–H and O–H groups in total. The third-order valence-electron chi connectivity index (χ3n) is 3.93. The summed E-state index contributed by atoms with van der Waals surface area (Å²) in [6, 6.07) is 7.65. The molecule has 0 atom stereocenters. The summed E-state index contributed by atoms with van der Waals surface area (Å²) in [6.07, 6.45) is 5.22. The Morgan fingerprint density at radius 3 is 1.59 bits per heavy atom. The first-order valence-electron chi connectivity index (χ1n) is 7.23. The summed E-state index contributed by atoms with van der Waals surface area (Å²) in [6.45, 7) is 1.39. The number of carbonyl (C=O) groups is 2. The van der Waals surface area contributed by atoms with Gasteiger partial charge in [-0.1, -0.05) is 24.3 Å². The molecule has 0 radical (unpaired) electrons. The van der Waals surface area contributed by atoms with Crippen LogP contribution >= 0.6 is 0 Å². The van der Waals surface area contributed by atoms with Gasteiger partial charge in [0.1, 0.15) is 11.4 Å². The molecule has 0 fully saturated rings. The van der Waals surface area contributed by atoms with Gasteiger partial charge in [0.15, 0.2) is 0 Å². The fourth-order valence-electron chi connectivity index (χ4n) is 3.01. The molecule has 22 heavy (non-hydrogen) atoms. The molecule has 6 heteroatoms. The van der Waals surface area contributed by atoms with Gasteiger partial charge in [-0.25, -0.2) is 0 Å². The number of para-hydroxylation sites is 2. The third-order valence-corrected chi connectivity index (χ3v) is 3.93. The molecular weight excluding hydrogens is 280 g/mol. The van der Waals surface area contributed by atoms with Crippen molar-refractivity contribution in [2.24, 2.45) is 11.5 Å². The Balaban J connectivity index is 2.01. The zero-order valence-corrected chi connectivity index (χ0v) is 12.2. The van der Waals surface area contributed by atoms with Gasteiger partial charge < -0.3 is 21.3 Å². The van der Waals surface area contributed by atoms with Crippen molar-refractivity contribution in [2.75, 3.05) is 22.9 Å². The largest absolute Gasteiger partial charge is 0.364 e. The maximum atomic E-state index is 11.6. The number of amides is 2. The summed E-state index contributed by atoms with van der Waals surface area (Å²) in [5, 5.41) is 0. The van der Waals surface area contributed by atoms with Gasteiger partial charge in [0.25, 0.3) is 11.8 Å². The Kier molecular flexibility index (Phi) is 3.58. The average molecular weight is 298 g/mol. The molecule has 2 aliphatic heterocycles. The number of nitrogens with two attached hydrogens (primary N) is 2. The Labute approximate surface area is 128 Å². The van der Waals surface area contributed by atoms with E-state index in [2.05, 4.69) is 0 Å². The SMILES string of the molecule is NC(=O)C1=CCCN1c1ccccc1N1CCC=C1C(N)=O. The summed E-state index contributed by atoms with van der Waals surface area (Å²) in [5.74, 6) is -0.890. The van der Waals surface area contributed by atoms with E-state index in [0.717, 1.165) is 24.2 Å². The molecule has 0 unspecified atom stereocenters. The number of benzene rings is 1. The fraction of sp³-hybridized carbons (Fsp3) is 0.250. The number of nitrogens with zero attached hydrogens (tertiary/aromatic N) is 2. The number of anilines is 2. The quantitative estimate of drug-likeness (QED) is 0.861. The molecule has 2 aliphatic rings. The summed E-state index contributed by atoms with van der Waals surface area (Å²) < 4.78 is 0. The van der Waals surface area contributed by atoms with Crippen LogP contribution in [0.2, 0.25) is 0 Å². The third kappa shape index (κ3) is 2.32. The minimum atomic E-state index is -0.445. The lowest BCUT2D eigenvalue weighted by Gasteiger charge is -2.29. The number of carbonyl (C=O) groups excluding carboxylic acids is 2. The van der Waals surface area contributed by atoms with Crippen LogP contribution in [-0.2, 0) is 9.59 Å². The van der Waals surface area contributed by atoms with E-state index < -0.39 is 11.8 Å². The Bertz CT molecular complexity index is 634.